The second-order valence-electron chi connectivity index (χ2n) is 7.05. The van der Waals surface area contributed by atoms with Crippen molar-refractivity contribution in [1.82, 2.24) is 5.32 Å². The molecule has 1 N–H and O–H groups in total. The highest BCUT2D eigenvalue weighted by molar-refractivity contribution is 5.70. The second-order valence-corrected chi connectivity index (χ2v) is 7.05. The average molecular weight is 381 g/mol. The zero-order chi connectivity index (χ0) is 19.3. The maximum Gasteiger partial charge on any atom is 0.412 e. The molecule has 1 aliphatic carbocycles. The van der Waals surface area contributed by atoms with Crippen LogP contribution in [0.1, 0.15) is 45.4 Å². The molecule has 1 amide bonds. The lowest BCUT2D eigenvalue weighted by atomic mass is 9.80. The number of benzene rings is 1. The predicted molar refractivity (Wildman–Crippen MR) is 102 cm³/mol. The average Bonchev–Trinajstić information content (AvgIpc) is 2.68. The molecule has 2 rings (SSSR count). The molecular formula is C21H32FNO4. The zero-order valence-corrected chi connectivity index (χ0v) is 16.3. The van der Waals surface area contributed by atoms with Crippen LogP contribution in [0.3, 0.4) is 0 Å². The van der Waals surface area contributed by atoms with Crippen LogP contribution in [0, 0.1) is 17.7 Å². The van der Waals surface area contributed by atoms with Gasteiger partial charge >= 0.3 is 6.09 Å². The van der Waals surface area contributed by atoms with Gasteiger partial charge in [0.15, 0.2) is 11.6 Å². The van der Waals surface area contributed by atoms with Gasteiger partial charge in [0.2, 0.25) is 0 Å². The molecule has 0 aliphatic heterocycles. The van der Waals surface area contributed by atoms with Crippen LogP contribution < -0.4 is 10.1 Å². The molecule has 1 aromatic rings. The normalized spacial score (nSPS) is 19.6. The van der Waals surface area contributed by atoms with Gasteiger partial charge in [0.05, 0.1) is 6.61 Å². The number of amides is 1. The summed E-state index contributed by atoms with van der Waals surface area (Å²) >= 11 is 0. The van der Waals surface area contributed by atoms with Gasteiger partial charge in [0.1, 0.15) is 0 Å². The lowest BCUT2D eigenvalue weighted by Crippen LogP contribution is -2.32. The van der Waals surface area contributed by atoms with Gasteiger partial charge in [-0.05, 0) is 43.2 Å². The van der Waals surface area contributed by atoms with E-state index in [4.69, 9.17) is 14.2 Å². The van der Waals surface area contributed by atoms with Crippen LogP contribution in [-0.4, -0.2) is 39.1 Å². The number of unbranched alkanes of at least 4 members (excludes halogenated alkanes) is 1. The summed E-state index contributed by atoms with van der Waals surface area (Å²) in [7, 11) is 0. The zero-order valence-electron chi connectivity index (χ0n) is 16.3. The van der Waals surface area contributed by atoms with Gasteiger partial charge in [-0.25, -0.2) is 9.18 Å². The number of hydrogen-bond acceptors (Lipinski definition) is 4. The Morgan fingerprint density at radius 3 is 2.44 bits per heavy atom. The van der Waals surface area contributed by atoms with E-state index in [0.717, 1.165) is 26.1 Å². The third kappa shape index (κ3) is 8.26. The summed E-state index contributed by atoms with van der Waals surface area (Å²) in [5.74, 6) is 0.442. The maximum atomic E-state index is 13.4. The molecule has 0 saturated heterocycles. The first kappa shape index (κ1) is 21.6. The quantitative estimate of drug-likeness (QED) is 0.571. The van der Waals surface area contributed by atoms with Crippen LogP contribution in [0.15, 0.2) is 24.3 Å². The Bertz CT molecular complexity index is 555. The van der Waals surface area contributed by atoms with Crippen LogP contribution in [-0.2, 0) is 9.47 Å². The van der Waals surface area contributed by atoms with Gasteiger partial charge in [0, 0.05) is 26.4 Å². The van der Waals surface area contributed by atoms with Crippen molar-refractivity contribution in [3.05, 3.63) is 30.1 Å². The van der Waals surface area contributed by atoms with E-state index < -0.39 is 11.9 Å². The molecule has 1 aromatic carbocycles. The number of para-hydroxylation sites is 1. The summed E-state index contributed by atoms with van der Waals surface area (Å²) in [6.07, 6.45) is 6.47. The summed E-state index contributed by atoms with van der Waals surface area (Å²) in [5, 5.41) is 2.58. The first-order valence-electron chi connectivity index (χ1n) is 10.1. The van der Waals surface area contributed by atoms with Crippen LogP contribution in [0.25, 0.3) is 0 Å². The largest absolute Gasteiger partial charge is 0.412 e. The molecule has 0 spiro atoms. The van der Waals surface area contributed by atoms with E-state index in [9.17, 15) is 9.18 Å². The number of rotatable bonds is 11. The lowest BCUT2D eigenvalue weighted by Gasteiger charge is -2.31. The molecule has 0 heterocycles. The molecule has 6 heteroatoms. The number of hydrogen-bond donors (Lipinski definition) is 1. The van der Waals surface area contributed by atoms with E-state index >= 15 is 0 Å². The predicted octanol–water partition coefficient (Wildman–Crippen LogP) is 4.55. The van der Waals surface area contributed by atoms with Crippen LogP contribution >= 0.6 is 0 Å². The highest BCUT2D eigenvalue weighted by Crippen LogP contribution is 2.30. The number of nitrogens with one attached hydrogen (secondary N) is 1. The third-order valence-corrected chi connectivity index (χ3v) is 4.93. The molecule has 1 saturated carbocycles. The summed E-state index contributed by atoms with van der Waals surface area (Å²) in [5.41, 5.74) is 0. The van der Waals surface area contributed by atoms with Gasteiger partial charge in [-0.15, -0.1) is 0 Å². The fourth-order valence-electron chi connectivity index (χ4n) is 3.33. The SMILES string of the molecule is CCCCOC[C@@H]1CCCC[C@@H]1COCCNC(=O)Oc1ccccc1F. The van der Waals surface area contributed by atoms with Crippen molar-refractivity contribution in [2.75, 3.05) is 33.0 Å². The van der Waals surface area contributed by atoms with Gasteiger partial charge in [0.25, 0.3) is 0 Å². The Kier molecular flexibility index (Phi) is 10.2. The van der Waals surface area contributed by atoms with Crippen molar-refractivity contribution in [3.8, 4) is 5.75 Å². The smallest absolute Gasteiger partial charge is 0.407 e. The maximum absolute atomic E-state index is 13.4. The fourth-order valence-corrected chi connectivity index (χ4v) is 3.33. The summed E-state index contributed by atoms with van der Waals surface area (Å²) in [6, 6.07) is 5.82. The minimum Gasteiger partial charge on any atom is -0.407 e. The molecule has 5 nitrogen and oxygen atoms in total. The minimum absolute atomic E-state index is 0.0796. The molecule has 0 radical (unpaired) electrons. The molecular weight excluding hydrogens is 349 g/mol. The molecule has 27 heavy (non-hydrogen) atoms. The van der Waals surface area contributed by atoms with Gasteiger partial charge in [-0.3, -0.25) is 0 Å². The first-order valence-corrected chi connectivity index (χ1v) is 10.1. The summed E-state index contributed by atoms with van der Waals surface area (Å²) < 4.78 is 29.9. The van der Waals surface area contributed by atoms with Crippen molar-refractivity contribution >= 4 is 6.09 Å². The lowest BCUT2D eigenvalue weighted by molar-refractivity contribution is 0.0144. The molecule has 0 unspecified atom stereocenters. The minimum atomic E-state index is -0.677. The number of ether oxygens (including phenoxy) is 3. The van der Waals surface area contributed by atoms with Crippen molar-refractivity contribution < 1.29 is 23.4 Å². The van der Waals surface area contributed by atoms with E-state index in [1.165, 1.54) is 37.8 Å². The second kappa shape index (κ2) is 12.7. The van der Waals surface area contributed by atoms with Gasteiger partial charge < -0.3 is 19.5 Å². The van der Waals surface area contributed by atoms with Crippen molar-refractivity contribution in [1.29, 1.82) is 0 Å². The number of halogens is 1. The number of carbonyl (C=O) groups is 1. The number of carbonyl (C=O) groups excluding carboxylic acids is 1. The standard InChI is InChI=1S/C21H32FNO4/c1-2-3-13-25-15-17-8-4-5-9-18(17)16-26-14-12-23-21(24)27-20-11-7-6-10-19(20)22/h6-7,10-11,17-18H,2-5,8-9,12-16H2,1H3,(H,23,24)/t17-,18+/m0/s1. The van der Waals surface area contributed by atoms with Crippen LogP contribution in [0.4, 0.5) is 9.18 Å². The van der Waals surface area contributed by atoms with E-state index in [2.05, 4.69) is 12.2 Å². The van der Waals surface area contributed by atoms with Crippen LogP contribution in [0.2, 0.25) is 0 Å². The van der Waals surface area contributed by atoms with Crippen molar-refractivity contribution in [3.63, 3.8) is 0 Å². The van der Waals surface area contributed by atoms with Gasteiger partial charge in [-0.1, -0.05) is 38.3 Å². The van der Waals surface area contributed by atoms with E-state index in [-0.39, 0.29) is 5.75 Å². The highest BCUT2D eigenvalue weighted by atomic mass is 19.1. The summed E-state index contributed by atoms with van der Waals surface area (Å²) in [4.78, 5) is 11.7. The topological polar surface area (TPSA) is 56.8 Å². The molecule has 1 aliphatic rings. The first-order chi connectivity index (χ1) is 13.2. The van der Waals surface area contributed by atoms with Crippen LogP contribution in [0.5, 0.6) is 5.75 Å². The van der Waals surface area contributed by atoms with E-state index in [1.807, 2.05) is 0 Å². The highest BCUT2D eigenvalue weighted by Gasteiger charge is 2.25. The molecule has 0 bridgehead atoms. The van der Waals surface area contributed by atoms with Crippen molar-refractivity contribution in [2.45, 2.75) is 45.4 Å². The molecule has 2 atom stereocenters. The van der Waals surface area contributed by atoms with Crippen molar-refractivity contribution in [2.24, 2.45) is 11.8 Å². The molecule has 0 aromatic heterocycles. The Balaban J connectivity index is 1.59. The Morgan fingerprint density at radius 1 is 1.11 bits per heavy atom. The van der Waals surface area contributed by atoms with Gasteiger partial charge in [-0.2, -0.15) is 0 Å². The fraction of sp³-hybridized carbons (Fsp3) is 0.667. The van der Waals surface area contributed by atoms with E-state index in [0.29, 0.717) is 31.6 Å². The Hall–Kier alpha value is -1.66. The summed E-state index contributed by atoms with van der Waals surface area (Å²) in [6.45, 7) is 5.26. The molecule has 1 fully saturated rings. The van der Waals surface area contributed by atoms with E-state index in [1.54, 1.807) is 12.1 Å². The Morgan fingerprint density at radius 2 is 1.78 bits per heavy atom. The molecule has 152 valence electrons. The monoisotopic (exact) mass is 381 g/mol. The Labute approximate surface area is 161 Å². The third-order valence-electron chi connectivity index (χ3n) is 4.93.